The molecular weight excluding hydrogens is 464 g/mol. The third-order valence-electron chi connectivity index (χ3n) is 4.36. The van der Waals surface area contributed by atoms with Gasteiger partial charge in [-0.1, -0.05) is 63.9 Å². The number of anilines is 1. The van der Waals surface area contributed by atoms with Crippen molar-refractivity contribution in [3.05, 3.63) is 98.5 Å². The van der Waals surface area contributed by atoms with Crippen LogP contribution >= 0.6 is 27.5 Å². The molecule has 0 heterocycles. The van der Waals surface area contributed by atoms with Crippen molar-refractivity contribution < 1.29 is 9.53 Å². The summed E-state index contributed by atoms with van der Waals surface area (Å²) in [6, 6.07) is 22.2. The average molecular weight is 482 g/mol. The highest BCUT2D eigenvalue weighted by molar-refractivity contribution is 9.10. The summed E-state index contributed by atoms with van der Waals surface area (Å²) < 4.78 is 6.79. The molecule has 0 saturated carbocycles. The van der Waals surface area contributed by atoms with E-state index in [9.17, 15) is 10.1 Å². The van der Waals surface area contributed by atoms with Crippen LogP contribution in [0.2, 0.25) is 5.02 Å². The molecule has 0 atom stereocenters. The van der Waals surface area contributed by atoms with Crippen LogP contribution in [-0.4, -0.2) is 5.91 Å². The van der Waals surface area contributed by atoms with Crippen LogP contribution in [0.3, 0.4) is 0 Å². The van der Waals surface area contributed by atoms with Gasteiger partial charge in [-0.25, -0.2) is 0 Å². The number of carbonyl (C=O) groups excluding carboxylic acids is 1. The molecule has 0 aromatic heterocycles. The van der Waals surface area contributed by atoms with Crippen molar-refractivity contribution in [1.82, 2.24) is 0 Å². The van der Waals surface area contributed by atoms with Crippen molar-refractivity contribution in [1.29, 1.82) is 5.26 Å². The van der Waals surface area contributed by atoms with Crippen LogP contribution in [0.5, 0.6) is 5.75 Å². The molecule has 0 radical (unpaired) electrons. The zero-order chi connectivity index (χ0) is 21.5. The van der Waals surface area contributed by atoms with Gasteiger partial charge in [0.25, 0.3) is 5.91 Å². The van der Waals surface area contributed by atoms with Gasteiger partial charge in [-0.05, 0) is 54.5 Å². The normalized spacial score (nSPS) is 10.9. The summed E-state index contributed by atoms with van der Waals surface area (Å²) in [5.74, 6) is 0.206. The maximum absolute atomic E-state index is 12.5. The predicted molar refractivity (Wildman–Crippen MR) is 123 cm³/mol. The van der Waals surface area contributed by atoms with Crippen molar-refractivity contribution in [3.8, 4) is 11.8 Å². The van der Waals surface area contributed by atoms with Crippen LogP contribution in [0.25, 0.3) is 6.08 Å². The molecule has 0 aliphatic heterocycles. The third kappa shape index (κ3) is 5.73. The molecule has 1 amide bonds. The number of amides is 1. The molecule has 3 rings (SSSR count). The number of nitriles is 1. The molecule has 0 bridgehead atoms. The molecule has 4 nitrogen and oxygen atoms in total. The van der Waals surface area contributed by atoms with E-state index in [2.05, 4.69) is 21.2 Å². The fourth-order valence-corrected chi connectivity index (χ4v) is 3.24. The number of hydrogen-bond acceptors (Lipinski definition) is 3. The maximum Gasteiger partial charge on any atom is 0.266 e. The largest absolute Gasteiger partial charge is 0.489 e. The van der Waals surface area contributed by atoms with E-state index < -0.39 is 5.91 Å². The van der Waals surface area contributed by atoms with Gasteiger partial charge in [-0.3, -0.25) is 4.79 Å². The first-order valence-electron chi connectivity index (χ1n) is 9.12. The van der Waals surface area contributed by atoms with Crippen molar-refractivity contribution >= 4 is 45.2 Å². The molecule has 0 saturated heterocycles. The maximum atomic E-state index is 12.5. The number of rotatable bonds is 6. The molecule has 150 valence electrons. The minimum Gasteiger partial charge on any atom is -0.489 e. The monoisotopic (exact) mass is 480 g/mol. The Labute approximate surface area is 188 Å². The highest BCUT2D eigenvalue weighted by Gasteiger charge is 2.11. The first kappa shape index (κ1) is 21.6. The first-order valence-corrected chi connectivity index (χ1v) is 10.3. The lowest BCUT2D eigenvalue weighted by Gasteiger charge is -2.09. The SMILES string of the molecule is Cc1ccc(Cl)cc1NC(=O)/C(C#N)=C/c1ccc(OCc2ccccc2Br)cc1. The van der Waals surface area contributed by atoms with E-state index in [0.717, 1.165) is 21.2 Å². The Kier molecular flexibility index (Phi) is 7.29. The second-order valence-corrected chi connectivity index (χ2v) is 7.82. The van der Waals surface area contributed by atoms with Crippen LogP contribution in [0, 0.1) is 18.3 Å². The number of halogens is 2. The van der Waals surface area contributed by atoms with Gasteiger partial charge < -0.3 is 10.1 Å². The smallest absolute Gasteiger partial charge is 0.266 e. The Morgan fingerprint density at radius 3 is 2.60 bits per heavy atom. The fraction of sp³-hybridized carbons (Fsp3) is 0.0833. The van der Waals surface area contributed by atoms with Crippen LogP contribution in [0.15, 0.2) is 76.8 Å². The second kappa shape index (κ2) is 10.1. The molecule has 0 aliphatic rings. The van der Waals surface area contributed by atoms with E-state index >= 15 is 0 Å². The van der Waals surface area contributed by atoms with Gasteiger partial charge in [0.15, 0.2) is 0 Å². The van der Waals surface area contributed by atoms with Gasteiger partial charge in [-0.15, -0.1) is 0 Å². The number of ether oxygens (including phenoxy) is 1. The van der Waals surface area contributed by atoms with E-state index in [4.69, 9.17) is 16.3 Å². The average Bonchev–Trinajstić information content (AvgIpc) is 2.75. The Balaban J connectivity index is 1.68. The Morgan fingerprint density at radius 1 is 1.17 bits per heavy atom. The number of nitrogens with zero attached hydrogens (tertiary/aromatic N) is 1. The summed E-state index contributed by atoms with van der Waals surface area (Å²) >= 11 is 9.48. The second-order valence-electron chi connectivity index (χ2n) is 6.53. The molecule has 6 heteroatoms. The van der Waals surface area contributed by atoms with Gasteiger partial charge in [0.05, 0.1) is 0 Å². The fourth-order valence-electron chi connectivity index (χ4n) is 2.67. The number of hydrogen-bond donors (Lipinski definition) is 1. The number of benzene rings is 3. The van der Waals surface area contributed by atoms with Gasteiger partial charge in [-0.2, -0.15) is 5.26 Å². The third-order valence-corrected chi connectivity index (χ3v) is 5.36. The lowest BCUT2D eigenvalue weighted by atomic mass is 10.1. The number of nitrogens with one attached hydrogen (secondary N) is 1. The molecule has 0 unspecified atom stereocenters. The van der Waals surface area contributed by atoms with E-state index in [1.807, 2.05) is 37.3 Å². The van der Waals surface area contributed by atoms with Crippen LogP contribution in [0.1, 0.15) is 16.7 Å². The summed E-state index contributed by atoms with van der Waals surface area (Å²) in [5.41, 5.74) is 3.19. The highest BCUT2D eigenvalue weighted by atomic mass is 79.9. The molecule has 0 fully saturated rings. The Bertz CT molecular complexity index is 1130. The van der Waals surface area contributed by atoms with E-state index in [1.165, 1.54) is 6.08 Å². The van der Waals surface area contributed by atoms with Gasteiger partial charge >= 0.3 is 0 Å². The van der Waals surface area contributed by atoms with Crippen LogP contribution in [-0.2, 0) is 11.4 Å². The molecule has 1 N–H and O–H groups in total. The van der Waals surface area contributed by atoms with Crippen LogP contribution < -0.4 is 10.1 Å². The van der Waals surface area contributed by atoms with E-state index in [1.54, 1.807) is 42.5 Å². The molecule has 0 aliphatic carbocycles. The molecule has 0 spiro atoms. The summed E-state index contributed by atoms with van der Waals surface area (Å²) in [6.07, 6.45) is 1.53. The zero-order valence-electron chi connectivity index (χ0n) is 16.2. The first-order chi connectivity index (χ1) is 14.5. The van der Waals surface area contributed by atoms with Gasteiger partial charge in [0, 0.05) is 20.7 Å². The molecule has 3 aromatic rings. The zero-order valence-corrected chi connectivity index (χ0v) is 18.5. The van der Waals surface area contributed by atoms with Gasteiger partial charge in [0.1, 0.15) is 24.0 Å². The Morgan fingerprint density at radius 2 is 1.90 bits per heavy atom. The van der Waals surface area contributed by atoms with E-state index in [0.29, 0.717) is 23.1 Å². The summed E-state index contributed by atoms with van der Waals surface area (Å²) in [4.78, 5) is 12.5. The molecule has 30 heavy (non-hydrogen) atoms. The van der Waals surface area contributed by atoms with Crippen molar-refractivity contribution in [3.63, 3.8) is 0 Å². The summed E-state index contributed by atoms with van der Waals surface area (Å²) in [7, 11) is 0. The predicted octanol–water partition coefficient (Wildman–Crippen LogP) is 6.54. The Hall–Kier alpha value is -3.07. The van der Waals surface area contributed by atoms with Crippen molar-refractivity contribution in [2.75, 3.05) is 5.32 Å². The lowest BCUT2D eigenvalue weighted by molar-refractivity contribution is -0.112. The van der Waals surface area contributed by atoms with Gasteiger partial charge in [0.2, 0.25) is 0 Å². The van der Waals surface area contributed by atoms with Crippen molar-refractivity contribution in [2.24, 2.45) is 0 Å². The highest BCUT2D eigenvalue weighted by Crippen LogP contribution is 2.22. The van der Waals surface area contributed by atoms with Crippen LogP contribution in [0.4, 0.5) is 5.69 Å². The minimum atomic E-state index is -0.489. The van der Waals surface area contributed by atoms with E-state index in [-0.39, 0.29) is 5.57 Å². The summed E-state index contributed by atoms with van der Waals surface area (Å²) in [6.45, 7) is 2.29. The van der Waals surface area contributed by atoms with Crippen molar-refractivity contribution in [2.45, 2.75) is 13.5 Å². The topological polar surface area (TPSA) is 62.1 Å². The molecular formula is C24H18BrClN2O2. The minimum absolute atomic E-state index is 0.00346. The molecule has 3 aromatic carbocycles. The number of carbonyl (C=O) groups is 1. The standard InChI is InChI=1S/C24H18BrClN2O2/c1-16-6-9-20(26)13-23(16)28-24(29)19(14-27)12-17-7-10-21(11-8-17)30-15-18-4-2-3-5-22(18)25/h2-13H,15H2,1H3,(H,28,29)/b19-12+. The number of aryl methyl sites for hydroxylation is 1. The lowest BCUT2D eigenvalue weighted by Crippen LogP contribution is -2.14. The quantitative estimate of drug-likeness (QED) is 0.321. The summed E-state index contributed by atoms with van der Waals surface area (Å²) in [5, 5.41) is 12.7.